The fraction of sp³-hybridized carbons (Fsp3) is 0.455. The van der Waals surface area contributed by atoms with Crippen LogP contribution in [0, 0.1) is 0 Å². The number of nitrogens with zero attached hydrogens (tertiary/aromatic N) is 2. The molecule has 0 aromatic heterocycles. The lowest BCUT2D eigenvalue weighted by Gasteiger charge is -2.37. The van der Waals surface area contributed by atoms with E-state index in [1.807, 2.05) is 0 Å². The Morgan fingerprint density at radius 2 is 1.12 bits per heavy atom. The molecule has 0 radical (unpaired) electrons. The zero-order valence-electron chi connectivity index (χ0n) is 15.6. The van der Waals surface area contributed by atoms with Crippen LogP contribution in [-0.4, -0.2) is 48.1 Å². The van der Waals surface area contributed by atoms with Crippen LogP contribution in [0.15, 0.2) is 60.7 Å². The fourth-order valence-corrected chi connectivity index (χ4v) is 3.96. The van der Waals surface area contributed by atoms with Crippen molar-refractivity contribution in [3.8, 4) is 0 Å². The van der Waals surface area contributed by atoms with Gasteiger partial charge in [0.25, 0.3) is 0 Å². The van der Waals surface area contributed by atoms with E-state index in [0.717, 1.165) is 39.3 Å². The molecule has 134 valence electrons. The highest BCUT2D eigenvalue weighted by Gasteiger charge is 2.34. The minimum absolute atomic E-state index is 0.564. The first-order chi connectivity index (χ1) is 12.3. The van der Waals surface area contributed by atoms with Crippen LogP contribution in [0.3, 0.4) is 0 Å². The molecule has 0 bridgehead atoms. The second kappa shape index (κ2) is 9.14. The van der Waals surface area contributed by atoms with Crippen molar-refractivity contribution in [3.63, 3.8) is 0 Å². The van der Waals surface area contributed by atoms with E-state index in [1.54, 1.807) is 0 Å². The molecule has 0 aliphatic carbocycles. The maximum Gasteiger partial charge on any atom is 0.0392 e. The van der Waals surface area contributed by atoms with Crippen molar-refractivity contribution in [2.75, 3.05) is 26.2 Å². The van der Waals surface area contributed by atoms with Crippen LogP contribution in [-0.2, 0) is 13.1 Å². The van der Waals surface area contributed by atoms with Gasteiger partial charge in [0.05, 0.1) is 0 Å². The summed E-state index contributed by atoms with van der Waals surface area (Å²) < 4.78 is 0. The molecule has 25 heavy (non-hydrogen) atoms. The number of benzene rings is 2. The molecule has 2 aromatic rings. The highest BCUT2D eigenvalue weighted by Crippen LogP contribution is 2.20. The summed E-state index contributed by atoms with van der Waals surface area (Å²) in [6, 6.07) is 22.8. The van der Waals surface area contributed by atoms with Gasteiger partial charge in [-0.2, -0.15) is 0 Å². The number of nitrogens with one attached hydrogen (secondary N) is 1. The van der Waals surface area contributed by atoms with Gasteiger partial charge in [-0.15, -0.1) is 0 Å². The van der Waals surface area contributed by atoms with E-state index in [9.17, 15) is 0 Å². The first-order valence-electron chi connectivity index (χ1n) is 9.58. The predicted octanol–water partition coefficient (Wildman–Crippen LogP) is 3.37. The normalized spacial score (nSPS) is 20.5. The largest absolute Gasteiger partial charge is 0.313 e. The van der Waals surface area contributed by atoms with Gasteiger partial charge >= 0.3 is 0 Å². The zero-order chi connectivity index (χ0) is 17.5. The molecule has 0 spiro atoms. The van der Waals surface area contributed by atoms with Crippen LogP contribution in [0.25, 0.3) is 0 Å². The van der Waals surface area contributed by atoms with Crippen molar-refractivity contribution in [2.24, 2.45) is 0 Å². The van der Waals surface area contributed by atoms with Crippen LogP contribution in [0.2, 0.25) is 0 Å². The smallest absolute Gasteiger partial charge is 0.0392 e. The highest BCUT2D eigenvalue weighted by molar-refractivity contribution is 5.16. The molecule has 2 aromatic carbocycles. The number of hydrogen-bond acceptors (Lipinski definition) is 3. The third kappa shape index (κ3) is 4.69. The third-order valence-electron chi connectivity index (χ3n) is 5.36. The van der Waals surface area contributed by atoms with Gasteiger partial charge in [-0.1, -0.05) is 74.5 Å². The van der Waals surface area contributed by atoms with E-state index in [2.05, 4.69) is 89.6 Å². The molecule has 0 amide bonds. The average Bonchev–Trinajstić information content (AvgIpc) is 3.15. The second-order valence-corrected chi connectivity index (χ2v) is 6.89. The summed E-state index contributed by atoms with van der Waals surface area (Å²) in [6.07, 6.45) is 0. The monoisotopic (exact) mass is 337 g/mol. The summed E-state index contributed by atoms with van der Waals surface area (Å²) in [5.41, 5.74) is 2.81. The van der Waals surface area contributed by atoms with E-state index in [0.29, 0.717) is 12.1 Å². The van der Waals surface area contributed by atoms with Crippen molar-refractivity contribution in [1.29, 1.82) is 0 Å². The van der Waals surface area contributed by atoms with Crippen LogP contribution in [0.5, 0.6) is 0 Å². The first kappa shape index (κ1) is 18.1. The molecule has 0 saturated carbocycles. The van der Waals surface area contributed by atoms with Crippen molar-refractivity contribution >= 4 is 0 Å². The Bertz CT molecular complexity index is 558. The Morgan fingerprint density at radius 1 is 0.720 bits per heavy atom. The van der Waals surface area contributed by atoms with Gasteiger partial charge in [0.15, 0.2) is 0 Å². The standard InChI is InChI=1S/C22H31N3/c1-3-24(17-19-11-7-5-8-12-19)21-15-23-16-22(21)25(4-2)18-20-13-9-6-10-14-20/h5-14,21-23H,3-4,15-18H2,1-2H3. The first-order valence-corrected chi connectivity index (χ1v) is 9.58. The Labute approximate surface area is 152 Å². The van der Waals surface area contributed by atoms with Crippen LogP contribution >= 0.6 is 0 Å². The van der Waals surface area contributed by atoms with E-state index >= 15 is 0 Å². The van der Waals surface area contributed by atoms with E-state index < -0.39 is 0 Å². The maximum atomic E-state index is 3.64. The molecule has 1 aliphatic heterocycles. The molecule has 2 atom stereocenters. The molecule has 3 nitrogen and oxygen atoms in total. The van der Waals surface area contributed by atoms with Crippen molar-refractivity contribution < 1.29 is 0 Å². The number of rotatable bonds is 8. The highest BCUT2D eigenvalue weighted by atomic mass is 15.3. The van der Waals surface area contributed by atoms with Gasteiger partial charge in [0.2, 0.25) is 0 Å². The van der Waals surface area contributed by atoms with E-state index in [1.165, 1.54) is 11.1 Å². The molecule has 1 saturated heterocycles. The lowest BCUT2D eigenvalue weighted by Crippen LogP contribution is -2.50. The summed E-state index contributed by atoms with van der Waals surface area (Å²) in [5, 5.41) is 3.64. The molecule has 3 heteroatoms. The summed E-state index contributed by atoms with van der Waals surface area (Å²) in [6.45, 7) is 11.0. The average molecular weight is 338 g/mol. The third-order valence-corrected chi connectivity index (χ3v) is 5.36. The van der Waals surface area contributed by atoms with Gasteiger partial charge in [0.1, 0.15) is 0 Å². The van der Waals surface area contributed by atoms with Crippen molar-refractivity contribution in [2.45, 2.75) is 39.0 Å². The Balaban J connectivity index is 1.70. The summed E-state index contributed by atoms with van der Waals surface area (Å²) in [4.78, 5) is 5.27. The SMILES string of the molecule is CCN(Cc1ccccc1)C1CNCC1N(CC)Cc1ccccc1. The molecular formula is C22H31N3. The quantitative estimate of drug-likeness (QED) is 0.797. The summed E-state index contributed by atoms with van der Waals surface area (Å²) in [7, 11) is 0. The van der Waals surface area contributed by atoms with Crippen molar-refractivity contribution in [3.05, 3.63) is 71.8 Å². The van der Waals surface area contributed by atoms with Crippen LogP contribution < -0.4 is 5.32 Å². The van der Waals surface area contributed by atoms with Gasteiger partial charge in [-0.25, -0.2) is 0 Å². The molecule has 1 heterocycles. The molecule has 1 fully saturated rings. The zero-order valence-corrected chi connectivity index (χ0v) is 15.6. The Morgan fingerprint density at radius 3 is 1.48 bits per heavy atom. The summed E-state index contributed by atoms with van der Waals surface area (Å²) in [5.74, 6) is 0. The fourth-order valence-electron chi connectivity index (χ4n) is 3.96. The Hall–Kier alpha value is -1.68. The van der Waals surface area contributed by atoms with E-state index in [-0.39, 0.29) is 0 Å². The second-order valence-electron chi connectivity index (χ2n) is 6.89. The molecule has 1 aliphatic rings. The van der Waals surface area contributed by atoms with Gasteiger partial charge in [-0.3, -0.25) is 9.80 Å². The summed E-state index contributed by atoms with van der Waals surface area (Å²) >= 11 is 0. The van der Waals surface area contributed by atoms with Crippen LogP contribution in [0.4, 0.5) is 0 Å². The predicted molar refractivity (Wildman–Crippen MR) is 105 cm³/mol. The maximum absolute atomic E-state index is 3.64. The van der Waals surface area contributed by atoms with Gasteiger partial charge < -0.3 is 5.32 Å². The lowest BCUT2D eigenvalue weighted by molar-refractivity contribution is 0.104. The molecule has 3 rings (SSSR count). The molecule has 1 N–H and O–H groups in total. The number of hydrogen-bond donors (Lipinski definition) is 1. The molecular weight excluding hydrogens is 306 g/mol. The Kier molecular flexibility index (Phi) is 6.62. The number of likely N-dealkylation sites (N-methyl/N-ethyl adjacent to an activating group) is 2. The minimum atomic E-state index is 0.564. The van der Waals surface area contributed by atoms with Crippen LogP contribution in [0.1, 0.15) is 25.0 Å². The topological polar surface area (TPSA) is 18.5 Å². The lowest BCUT2D eigenvalue weighted by atomic mass is 10.1. The minimum Gasteiger partial charge on any atom is -0.313 e. The van der Waals surface area contributed by atoms with E-state index in [4.69, 9.17) is 0 Å². The molecule has 2 unspecified atom stereocenters. The van der Waals surface area contributed by atoms with Gasteiger partial charge in [-0.05, 0) is 24.2 Å². The van der Waals surface area contributed by atoms with Crippen molar-refractivity contribution in [1.82, 2.24) is 15.1 Å². The van der Waals surface area contributed by atoms with Gasteiger partial charge in [0, 0.05) is 38.3 Å².